The first-order chi connectivity index (χ1) is 9.43. The molecule has 1 aromatic carbocycles. The maximum atomic E-state index is 11.4. The van der Waals surface area contributed by atoms with Gasteiger partial charge >= 0.3 is 11.7 Å². The Morgan fingerprint density at radius 1 is 1.40 bits per heavy atom. The molecule has 8 heteroatoms. The number of ketones is 1. The van der Waals surface area contributed by atoms with Crippen molar-refractivity contribution in [3.8, 4) is 5.75 Å². The molecule has 0 radical (unpaired) electrons. The van der Waals surface area contributed by atoms with Crippen LogP contribution in [0.3, 0.4) is 0 Å². The molecule has 0 unspecified atom stereocenters. The molecule has 0 aliphatic rings. The van der Waals surface area contributed by atoms with Gasteiger partial charge in [-0.15, -0.1) is 0 Å². The number of nitro benzene ring substituents is 1. The maximum Gasteiger partial charge on any atom is 0.313 e. The minimum atomic E-state index is -0.665. The zero-order valence-electron chi connectivity index (χ0n) is 10.6. The summed E-state index contributed by atoms with van der Waals surface area (Å²) in [6.45, 7) is 1.32. The van der Waals surface area contributed by atoms with E-state index in [0.717, 1.165) is 0 Å². The number of benzene rings is 1. The van der Waals surface area contributed by atoms with Gasteiger partial charge in [-0.05, 0) is 13.0 Å². The normalized spacial score (nSPS) is 9.90. The number of halogens is 1. The monoisotopic (exact) mass is 301 g/mol. The first-order valence-corrected chi connectivity index (χ1v) is 6.06. The summed E-state index contributed by atoms with van der Waals surface area (Å²) in [5.41, 5.74) is -0.307. The Morgan fingerprint density at radius 3 is 2.70 bits per heavy atom. The molecule has 0 fully saturated rings. The third-order valence-electron chi connectivity index (χ3n) is 2.15. The quantitative estimate of drug-likeness (QED) is 0.331. The average Bonchev–Trinajstić information content (AvgIpc) is 2.36. The van der Waals surface area contributed by atoms with Crippen LogP contribution >= 0.6 is 11.6 Å². The van der Waals surface area contributed by atoms with Gasteiger partial charge in [-0.1, -0.05) is 11.6 Å². The number of nitrogens with zero attached hydrogens (tertiary/aromatic N) is 1. The Balaban J connectivity index is 2.65. The summed E-state index contributed by atoms with van der Waals surface area (Å²) < 4.78 is 9.64. The van der Waals surface area contributed by atoms with Crippen LogP contribution < -0.4 is 4.74 Å². The van der Waals surface area contributed by atoms with Crippen LogP contribution in [0.4, 0.5) is 5.69 Å². The third kappa shape index (κ3) is 4.85. The van der Waals surface area contributed by atoms with Crippen molar-refractivity contribution in [2.45, 2.75) is 13.3 Å². The summed E-state index contributed by atoms with van der Waals surface area (Å²) in [7, 11) is 0. The molecule has 0 aromatic heterocycles. The summed E-state index contributed by atoms with van der Waals surface area (Å²) >= 11 is 5.70. The van der Waals surface area contributed by atoms with Gasteiger partial charge in [0, 0.05) is 17.2 Å². The molecule has 20 heavy (non-hydrogen) atoms. The second-order valence-electron chi connectivity index (χ2n) is 3.68. The topological polar surface area (TPSA) is 95.7 Å². The van der Waals surface area contributed by atoms with E-state index in [0.29, 0.717) is 0 Å². The highest BCUT2D eigenvalue weighted by atomic mass is 35.5. The Hall–Kier alpha value is -2.15. The number of carbonyl (C=O) groups excluding carboxylic acids is 2. The lowest BCUT2D eigenvalue weighted by Gasteiger charge is -2.06. The molecule has 0 saturated carbocycles. The molecule has 0 heterocycles. The predicted molar refractivity (Wildman–Crippen MR) is 69.9 cm³/mol. The number of ether oxygens (including phenoxy) is 2. The van der Waals surface area contributed by atoms with Crippen molar-refractivity contribution >= 4 is 29.0 Å². The number of esters is 1. The molecule has 0 atom stereocenters. The van der Waals surface area contributed by atoms with Crippen LogP contribution in [0.5, 0.6) is 5.75 Å². The van der Waals surface area contributed by atoms with Crippen molar-refractivity contribution < 1.29 is 24.0 Å². The first-order valence-electron chi connectivity index (χ1n) is 5.68. The van der Waals surface area contributed by atoms with E-state index in [1.807, 2.05) is 0 Å². The zero-order chi connectivity index (χ0) is 15.1. The molecule has 1 aromatic rings. The van der Waals surface area contributed by atoms with Gasteiger partial charge in [-0.3, -0.25) is 19.7 Å². The van der Waals surface area contributed by atoms with Gasteiger partial charge < -0.3 is 9.47 Å². The second-order valence-corrected chi connectivity index (χ2v) is 4.11. The fourth-order valence-corrected chi connectivity index (χ4v) is 1.50. The van der Waals surface area contributed by atoms with Crippen LogP contribution in [0.2, 0.25) is 5.02 Å². The van der Waals surface area contributed by atoms with E-state index in [-0.39, 0.29) is 23.1 Å². The lowest BCUT2D eigenvalue weighted by molar-refractivity contribution is -0.385. The number of carbonyl (C=O) groups is 2. The lowest BCUT2D eigenvalue weighted by Crippen LogP contribution is -2.17. The van der Waals surface area contributed by atoms with E-state index in [1.54, 1.807) is 6.92 Å². The highest BCUT2D eigenvalue weighted by Gasteiger charge is 2.17. The van der Waals surface area contributed by atoms with E-state index in [4.69, 9.17) is 16.3 Å². The minimum absolute atomic E-state index is 0.125. The largest absolute Gasteiger partial charge is 0.479 e. The molecule has 0 spiro atoms. The first kappa shape index (κ1) is 15.9. The number of rotatable bonds is 7. The Bertz CT molecular complexity index is 531. The molecule has 108 valence electrons. The third-order valence-corrected chi connectivity index (χ3v) is 2.39. The van der Waals surface area contributed by atoms with Crippen LogP contribution in [0.25, 0.3) is 0 Å². The number of hydrogen-bond acceptors (Lipinski definition) is 6. The van der Waals surface area contributed by atoms with E-state index in [1.165, 1.54) is 18.2 Å². The smallest absolute Gasteiger partial charge is 0.313 e. The average molecular weight is 302 g/mol. The van der Waals surface area contributed by atoms with Crippen LogP contribution in [-0.4, -0.2) is 29.9 Å². The molecule has 0 aliphatic carbocycles. The van der Waals surface area contributed by atoms with Crippen LogP contribution in [0, 0.1) is 10.1 Å². The van der Waals surface area contributed by atoms with Crippen LogP contribution in [0.1, 0.15) is 13.3 Å². The number of hydrogen-bond donors (Lipinski definition) is 0. The fourth-order valence-electron chi connectivity index (χ4n) is 1.34. The molecule has 0 bridgehead atoms. The SMILES string of the molecule is CCOC(=O)CC(=O)COc1cc(Cl)ccc1[N+](=O)[O-]. The van der Waals surface area contributed by atoms with E-state index >= 15 is 0 Å². The maximum absolute atomic E-state index is 11.4. The van der Waals surface area contributed by atoms with Gasteiger partial charge in [0.2, 0.25) is 0 Å². The molecule has 0 N–H and O–H groups in total. The summed E-state index contributed by atoms with van der Waals surface area (Å²) in [5, 5.41) is 11.0. The number of nitro groups is 1. The minimum Gasteiger partial charge on any atom is -0.479 e. The lowest BCUT2D eigenvalue weighted by atomic mass is 10.3. The molecule has 0 saturated heterocycles. The summed E-state index contributed by atoms with van der Waals surface area (Å²) in [6.07, 6.45) is -0.442. The van der Waals surface area contributed by atoms with Gasteiger partial charge in [0.05, 0.1) is 11.5 Å². The van der Waals surface area contributed by atoms with Gasteiger partial charge in [0.15, 0.2) is 11.5 Å². The van der Waals surface area contributed by atoms with Gasteiger partial charge in [-0.25, -0.2) is 0 Å². The number of Topliss-reactive ketones (excluding diaryl/α,β-unsaturated/α-hetero) is 1. The van der Waals surface area contributed by atoms with E-state index in [9.17, 15) is 19.7 Å². The molecular weight excluding hydrogens is 290 g/mol. The molecule has 0 amide bonds. The Labute approximate surface area is 119 Å². The van der Waals surface area contributed by atoms with Crippen LogP contribution in [0.15, 0.2) is 18.2 Å². The Morgan fingerprint density at radius 2 is 2.10 bits per heavy atom. The predicted octanol–water partition coefficient (Wildman–Crippen LogP) is 2.15. The molecule has 0 aliphatic heterocycles. The molecular formula is C12H12ClNO6. The standard InChI is InChI=1S/C12H12ClNO6/c1-2-19-12(16)6-9(15)7-20-11-5-8(13)3-4-10(11)14(17)18/h3-5H,2,6-7H2,1H3. The van der Waals surface area contributed by atoms with Crippen molar-refractivity contribution in [2.24, 2.45) is 0 Å². The summed E-state index contributed by atoms with van der Waals surface area (Å²) in [5.74, 6) is -1.33. The highest BCUT2D eigenvalue weighted by Crippen LogP contribution is 2.29. The Kier molecular flexibility index (Phi) is 5.92. The summed E-state index contributed by atoms with van der Waals surface area (Å²) in [6, 6.07) is 3.75. The second kappa shape index (κ2) is 7.44. The molecule has 7 nitrogen and oxygen atoms in total. The van der Waals surface area contributed by atoms with Gasteiger partial charge in [0.25, 0.3) is 0 Å². The highest BCUT2D eigenvalue weighted by molar-refractivity contribution is 6.30. The van der Waals surface area contributed by atoms with Crippen molar-refractivity contribution in [1.29, 1.82) is 0 Å². The van der Waals surface area contributed by atoms with Crippen molar-refractivity contribution in [3.05, 3.63) is 33.3 Å². The van der Waals surface area contributed by atoms with Gasteiger partial charge in [-0.2, -0.15) is 0 Å². The van der Waals surface area contributed by atoms with Crippen molar-refractivity contribution in [2.75, 3.05) is 13.2 Å². The van der Waals surface area contributed by atoms with Crippen LogP contribution in [-0.2, 0) is 14.3 Å². The van der Waals surface area contributed by atoms with Gasteiger partial charge in [0.1, 0.15) is 13.0 Å². The van der Waals surface area contributed by atoms with Crippen molar-refractivity contribution in [3.63, 3.8) is 0 Å². The van der Waals surface area contributed by atoms with Crippen molar-refractivity contribution in [1.82, 2.24) is 0 Å². The fraction of sp³-hybridized carbons (Fsp3) is 0.333. The molecule has 1 rings (SSSR count). The summed E-state index contributed by atoms with van der Waals surface area (Å²) in [4.78, 5) is 32.6. The van der Waals surface area contributed by atoms with E-state index < -0.39 is 29.7 Å². The zero-order valence-corrected chi connectivity index (χ0v) is 11.4. The van der Waals surface area contributed by atoms with E-state index in [2.05, 4.69) is 4.74 Å².